The van der Waals surface area contributed by atoms with Gasteiger partial charge in [-0.1, -0.05) is 26.0 Å². The van der Waals surface area contributed by atoms with Gasteiger partial charge in [-0.2, -0.15) is 0 Å². The fourth-order valence-corrected chi connectivity index (χ4v) is 3.64. The molecule has 3 amide bonds. The van der Waals surface area contributed by atoms with Gasteiger partial charge in [0.05, 0.1) is 12.5 Å². The fraction of sp³-hybridized carbons (Fsp3) is 0.560. The number of hydrogen-bond acceptors (Lipinski definition) is 8. The molecule has 4 atom stereocenters. The zero-order valence-electron chi connectivity index (χ0n) is 21.7. The van der Waals surface area contributed by atoms with Crippen LogP contribution in [0.25, 0.3) is 0 Å². The van der Waals surface area contributed by atoms with Crippen molar-refractivity contribution >= 4 is 29.7 Å². The molecule has 13 nitrogen and oxygen atoms in total. The molecule has 0 aliphatic rings. The Bertz CT molecular complexity index is 954. The molecule has 0 aliphatic carbocycles. The molecule has 0 spiro atoms. The molecule has 38 heavy (non-hydrogen) atoms. The van der Waals surface area contributed by atoms with E-state index in [1.54, 1.807) is 0 Å². The standard InChI is InChI=1S/C25H39N5O8/c1-14(2)11-19(29-22(34)17(27)13-21(32)33)24(36)28-18(5-3-4-10-26)23(35)30-20(25(37)38)12-15-6-8-16(31)9-7-15/h6-9,14,17-20,31H,3-5,10-13,26-27H2,1-2H3,(H,28,36)(H,29,34)(H,30,35)(H,32,33)(H,37,38). The number of aliphatic carboxylic acids is 2. The Balaban J connectivity index is 3.03. The van der Waals surface area contributed by atoms with Crippen LogP contribution in [0.2, 0.25) is 0 Å². The van der Waals surface area contributed by atoms with Gasteiger partial charge in [-0.3, -0.25) is 19.2 Å². The molecule has 0 heterocycles. The lowest BCUT2D eigenvalue weighted by molar-refractivity contribution is -0.142. The average molecular weight is 538 g/mol. The van der Waals surface area contributed by atoms with Crippen molar-refractivity contribution in [3.63, 3.8) is 0 Å². The Morgan fingerprint density at radius 2 is 1.39 bits per heavy atom. The van der Waals surface area contributed by atoms with E-state index in [1.807, 2.05) is 13.8 Å². The van der Waals surface area contributed by atoms with Gasteiger partial charge < -0.3 is 42.7 Å². The minimum atomic E-state index is -1.37. The van der Waals surface area contributed by atoms with Gasteiger partial charge in [-0.15, -0.1) is 0 Å². The number of rotatable bonds is 17. The Morgan fingerprint density at radius 3 is 1.92 bits per heavy atom. The normalized spacial score (nSPS) is 14.1. The van der Waals surface area contributed by atoms with Crippen molar-refractivity contribution < 1.29 is 39.3 Å². The van der Waals surface area contributed by atoms with Crippen LogP contribution in [0.3, 0.4) is 0 Å². The SMILES string of the molecule is CC(C)CC(NC(=O)C(N)CC(=O)O)C(=O)NC(CCCCN)C(=O)NC(Cc1ccc(O)cc1)C(=O)O. The zero-order valence-corrected chi connectivity index (χ0v) is 21.7. The van der Waals surface area contributed by atoms with Crippen molar-refractivity contribution in [2.24, 2.45) is 17.4 Å². The lowest BCUT2D eigenvalue weighted by Gasteiger charge is -2.26. The third kappa shape index (κ3) is 12.0. The monoisotopic (exact) mass is 537 g/mol. The first-order chi connectivity index (χ1) is 17.8. The van der Waals surface area contributed by atoms with Crippen molar-refractivity contribution in [1.82, 2.24) is 16.0 Å². The number of carboxylic acids is 2. The van der Waals surface area contributed by atoms with Crippen LogP contribution in [0.5, 0.6) is 5.75 Å². The van der Waals surface area contributed by atoms with Gasteiger partial charge >= 0.3 is 11.9 Å². The quantitative estimate of drug-likeness (QED) is 0.118. The predicted molar refractivity (Wildman–Crippen MR) is 138 cm³/mol. The number of hydrogen-bond donors (Lipinski definition) is 8. The van der Waals surface area contributed by atoms with Gasteiger partial charge in [0.2, 0.25) is 17.7 Å². The average Bonchev–Trinajstić information content (AvgIpc) is 2.82. The Labute approximate surface area is 221 Å². The molecule has 0 saturated carbocycles. The van der Waals surface area contributed by atoms with E-state index in [2.05, 4.69) is 16.0 Å². The summed E-state index contributed by atoms with van der Waals surface area (Å²) in [7, 11) is 0. The molecule has 1 aromatic rings. The summed E-state index contributed by atoms with van der Waals surface area (Å²) in [6.07, 6.45) is 0.706. The molecule has 212 valence electrons. The number of aromatic hydroxyl groups is 1. The van der Waals surface area contributed by atoms with Crippen molar-refractivity contribution in [2.45, 2.75) is 76.5 Å². The number of carboxylic acid groups (broad SMARTS) is 2. The van der Waals surface area contributed by atoms with Crippen LogP contribution in [0.4, 0.5) is 0 Å². The Morgan fingerprint density at radius 1 is 0.842 bits per heavy atom. The first kappa shape index (κ1) is 32.3. The maximum Gasteiger partial charge on any atom is 0.326 e. The summed E-state index contributed by atoms with van der Waals surface area (Å²) in [5, 5.41) is 35.5. The van der Waals surface area contributed by atoms with Crippen LogP contribution in [-0.4, -0.2) is 75.7 Å². The molecular formula is C25H39N5O8. The largest absolute Gasteiger partial charge is 0.508 e. The number of nitrogens with one attached hydrogen (secondary N) is 3. The summed E-state index contributed by atoms with van der Waals surface area (Å²) in [5.74, 6) is -4.82. The molecule has 0 saturated heterocycles. The number of phenolic OH excluding ortho intramolecular Hbond substituents is 1. The number of benzene rings is 1. The van der Waals surface area contributed by atoms with Crippen molar-refractivity contribution in [3.05, 3.63) is 29.8 Å². The summed E-state index contributed by atoms with van der Waals surface area (Å²) >= 11 is 0. The summed E-state index contributed by atoms with van der Waals surface area (Å²) in [6.45, 7) is 3.99. The van der Waals surface area contributed by atoms with Crippen molar-refractivity contribution in [1.29, 1.82) is 0 Å². The number of unbranched alkanes of at least 4 members (excludes halogenated alkanes) is 1. The number of carbonyl (C=O) groups excluding carboxylic acids is 3. The number of nitrogens with two attached hydrogens (primary N) is 2. The Kier molecular flexibility index (Phi) is 13.8. The second-order valence-corrected chi connectivity index (χ2v) is 9.51. The van der Waals surface area contributed by atoms with Gasteiger partial charge in [-0.05, 0) is 55.8 Å². The van der Waals surface area contributed by atoms with E-state index in [9.17, 15) is 34.2 Å². The van der Waals surface area contributed by atoms with Gasteiger partial charge in [0.25, 0.3) is 0 Å². The van der Waals surface area contributed by atoms with E-state index in [1.165, 1.54) is 24.3 Å². The fourth-order valence-electron chi connectivity index (χ4n) is 3.64. The summed E-state index contributed by atoms with van der Waals surface area (Å²) in [4.78, 5) is 61.3. The summed E-state index contributed by atoms with van der Waals surface area (Å²) in [6, 6.07) is 0.984. The van der Waals surface area contributed by atoms with E-state index in [0.717, 1.165) is 0 Å². The van der Waals surface area contributed by atoms with Gasteiger partial charge in [0.15, 0.2) is 0 Å². The second kappa shape index (κ2) is 16.2. The van der Waals surface area contributed by atoms with Crippen LogP contribution in [0, 0.1) is 5.92 Å². The van der Waals surface area contributed by atoms with E-state index in [0.29, 0.717) is 24.9 Å². The topological polar surface area (TPSA) is 234 Å². The molecular weight excluding hydrogens is 498 g/mol. The van der Waals surface area contributed by atoms with Crippen LogP contribution in [0.1, 0.15) is 51.5 Å². The molecule has 0 bridgehead atoms. The third-order valence-corrected chi connectivity index (χ3v) is 5.64. The third-order valence-electron chi connectivity index (χ3n) is 5.64. The van der Waals surface area contributed by atoms with Gasteiger partial charge in [-0.25, -0.2) is 4.79 Å². The van der Waals surface area contributed by atoms with Gasteiger partial charge in [0, 0.05) is 6.42 Å². The molecule has 1 aromatic carbocycles. The molecule has 1 rings (SSSR count). The molecule has 0 aromatic heterocycles. The molecule has 10 N–H and O–H groups in total. The van der Waals surface area contributed by atoms with E-state index < -0.39 is 60.2 Å². The lowest BCUT2D eigenvalue weighted by Crippen LogP contribution is -2.57. The van der Waals surface area contributed by atoms with E-state index in [-0.39, 0.29) is 30.9 Å². The smallest absolute Gasteiger partial charge is 0.326 e. The van der Waals surface area contributed by atoms with Crippen molar-refractivity contribution in [3.8, 4) is 5.75 Å². The van der Waals surface area contributed by atoms with E-state index in [4.69, 9.17) is 16.6 Å². The first-order valence-electron chi connectivity index (χ1n) is 12.4. The highest BCUT2D eigenvalue weighted by Gasteiger charge is 2.31. The maximum absolute atomic E-state index is 13.1. The lowest BCUT2D eigenvalue weighted by atomic mass is 10.0. The second-order valence-electron chi connectivity index (χ2n) is 9.51. The maximum atomic E-state index is 13.1. The molecule has 0 radical (unpaired) electrons. The Hall–Kier alpha value is -3.71. The van der Waals surface area contributed by atoms with Crippen LogP contribution in [-0.2, 0) is 30.4 Å². The van der Waals surface area contributed by atoms with Crippen molar-refractivity contribution in [2.75, 3.05) is 6.54 Å². The van der Waals surface area contributed by atoms with Crippen LogP contribution < -0.4 is 27.4 Å². The predicted octanol–water partition coefficient (Wildman–Crippen LogP) is -0.549. The number of carbonyl (C=O) groups is 5. The summed E-state index contributed by atoms with van der Waals surface area (Å²) in [5.41, 5.74) is 11.7. The highest BCUT2D eigenvalue weighted by Crippen LogP contribution is 2.12. The summed E-state index contributed by atoms with van der Waals surface area (Å²) < 4.78 is 0. The van der Waals surface area contributed by atoms with E-state index >= 15 is 0 Å². The number of phenols is 1. The molecule has 0 fully saturated rings. The molecule has 13 heteroatoms. The van der Waals surface area contributed by atoms with Crippen LogP contribution >= 0.6 is 0 Å². The first-order valence-corrected chi connectivity index (χ1v) is 12.4. The highest BCUT2D eigenvalue weighted by atomic mass is 16.4. The zero-order chi connectivity index (χ0) is 28.8. The highest BCUT2D eigenvalue weighted by molar-refractivity contribution is 5.94. The van der Waals surface area contributed by atoms with Gasteiger partial charge in [0.1, 0.15) is 23.9 Å². The minimum Gasteiger partial charge on any atom is -0.508 e. The number of amides is 3. The molecule has 4 unspecified atom stereocenters. The van der Waals surface area contributed by atoms with Crippen LogP contribution in [0.15, 0.2) is 24.3 Å². The minimum absolute atomic E-state index is 0.0132. The molecule has 0 aliphatic heterocycles.